The Balaban J connectivity index is 2.23. The van der Waals surface area contributed by atoms with Crippen LogP contribution < -0.4 is 10.6 Å². The van der Waals surface area contributed by atoms with Crippen LogP contribution in [0.15, 0.2) is 48.5 Å². The van der Waals surface area contributed by atoms with E-state index in [9.17, 15) is 9.90 Å². The molecular weight excluding hydrogens is 240 g/mol. The van der Waals surface area contributed by atoms with Gasteiger partial charge in [0.25, 0.3) is 5.91 Å². The van der Waals surface area contributed by atoms with Crippen molar-refractivity contribution in [3.63, 3.8) is 0 Å². The van der Waals surface area contributed by atoms with Crippen LogP contribution in [0.25, 0.3) is 0 Å². The molecule has 2 rings (SSSR count). The Kier molecular flexibility index (Phi) is 3.82. The Morgan fingerprint density at radius 1 is 1.21 bits per heavy atom. The van der Waals surface area contributed by atoms with Gasteiger partial charge in [-0.2, -0.15) is 0 Å². The summed E-state index contributed by atoms with van der Waals surface area (Å²) in [6.07, 6.45) is 0. The number of rotatable bonds is 3. The summed E-state index contributed by atoms with van der Waals surface area (Å²) in [4.78, 5) is 13.8. The molecule has 1 amide bonds. The highest BCUT2D eigenvalue weighted by Gasteiger charge is 2.13. The maximum absolute atomic E-state index is 12.3. The summed E-state index contributed by atoms with van der Waals surface area (Å²) in [6.45, 7) is 0.455. The third-order valence-corrected chi connectivity index (χ3v) is 2.96. The van der Waals surface area contributed by atoms with Crippen LogP contribution in [0.5, 0.6) is 5.75 Å². The van der Waals surface area contributed by atoms with Crippen molar-refractivity contribution in [3.8, 4) is 5.75 Å². The number of carbonyl (C=O) groups excluding carboxylic acids is 1. The van der Waals surface area contributed by atoms with E-state index in [1.165, 1.54) is 4.90 Å². The maximum atomic E-state index is 12.3. The lowest BCUT2D eigenvalue weighted by Gasteiger charge is -2.17. The lowest BCUT2D eigenvalue weighted by molar-refractivity contribution is 0.0993. The molecular formula is C15H16N2O2. The number of hydrogen-bond donors (Lipinski definition) is 2. The van der Waals surface area contributed by atoms with Gasteiger partial charge >= 0.3 is 0 Å². The first-order chi connectivity index (χ1) is 9.11. The molecule has 0 aliphatic heterocycles. The fraction of sp³-hybridized carbons (Fsp3) is 0.133. The molecule has 19 heavy (non-hydrogen) atoms. The Bertz CT molecular complexity index is 579. The summed E-state index contributed by atoms with van der Waals surface area (Å²) >= 11 is 0. The van der Waals surface area contributed by atoms with Gasteiger partial charge in [0.1, 0.15) is 5.75 Å². The zero-order chi connectivity index (χ0) is 13.8. The lowest BCUT2D eigenvalue weighted by Crippen LogP contribution is -2.26. The van der Waals surface area contributed by atoms with Crippen molar-refractivity contribution >= 4 is 11.6 Å². The van der Waals surface area contributed by atoms with Crippen LogP contribution in [0.1, 0.15) is 15.9 Å². The number of benzene rings is 2. The van der Waals surface area contributed by atoms with Crippen LogP contribution in [-0.2, 0) is 6.54 Å². The standard InChI is InChI=1S/C15H16N2O2/c1-17(13-3-2-4-14(18)9-13)15(19)12-7-5-11(10-16)6-8-12/h2-9,18H,10,16H2,1H3. The lowest BCUT2D eigenvalue weighted by atomic mass is 10.1. The number of aromatic hydroxyl groups is 1. The van der Waals surface area contributed by atoms with Crippen LogP contribution in [0.3, 0.4) is 0 Å². The van der Waals surface area contributed by atoms with Crippen molar-refractivity contribution in [3.05, 3.63) is 59.7 Å². The number of anilines is 1. The highest BCUT2D eigenvalue weighted by molar-refractivity contribution is 6.05. The first-order valence-corrected chi connectivity index (χ1v) is 5.98. The van der Waals surface area contributed by atoms with Crippen molar-refractivity contribution in [1.29, 1.82) is 0 Å². The SMILES string of the molecule is CN(C(=O)c1ccc(CN)cc1)c1cccc(O)c1. The molecule has 2 aromatic carbocycles. The predicted octanol–water partition coefficient (Wildman–Crippen LogP) is 2.13. The van der Waals surface area contributed by atoms with Gasteiger partial charge in [-0.25, -0.2) is 0 Å². The van der Waals surface area contributed by atoms with E-state index in [1.54, 1.807) is 43.4 Å². The van der Waals surface area contributed by atoms with Crippen molar-refractivity contribution in [1.82, 2.24) is 0 Å². The summed E-state index contributed by atoms with van der Waals surface area (Å²) < 4.78 is 0. The number of phenols is 1. The van der Waals surface area contributed by atoms with E-state index in [2.05, 4.69) is 0 Å². The highest BCUT2D eigenvalue weighted by atomic mass is 16.3. The smallest absolute Gasteiger partial charge is 0.258 e. The van der Waals surface area contributed by atoms with Crippen LogP contribution >= 0.6 is 0 Å². The number of carbonyl (C=O) groups is 1. The third kappa shape index (κ3) is 2.92. The molecule has 0 atom stereocenters. The van der Waals surface area contributed by atoms with Crippen LogP contribution in [0.4, 0.5) is 5.69 Å². The molecule has 3 N–H and O–H groups in total. The molecule has 4 heteroatoms. The zero-order valence-electron chi connectivity index (χ0n) is 10.7. The Labute approximate surface area is 112 Å². The molecule has 0 spiro atoms. The van der Waals surface area contributed by atoms with E-state index in [0.29, 0.717) is 17.8 Å². The van der Waals surface area contributed by atoms with E-state index in [4.69, 9.17) is 5.73 Å². The maximum Gasteiger partial charge on any atom is 0.258 e. The summed E-state index contributed by atoms with van der Waals surface area (Å²) in [6, 6.07) is 13.8. The van der Waals surface area contributed by atoms with Crippen molar-refractivity contribution < 1.29 is 9.90 Å². The minimum absolute atomic E-state index is 0.130. The number of amides is 1. The van der Waals surface area contributed by atoms with E-state index in [1.807, 2.05) is 12.1 Å². The zero-order valence-corrected chi connectivity index (χ0v) is 10.7. The quantitative estimate of drug-likeness (QED) is 0.884. The molecule has 0 saturated heterocycles. The molecule has 0 aliphatic carbocycles. The topological polar surface area (TPSA) is 66.6 Å². The molecule has 0 bridgehead atoms. The molecule has 0 fully saturated rings. The average Bonchev–Trinajstić information content (AvgIpc) is 2.46. The second kappa shape index (κ2) is 5.54. The second-order valence-corrected chi connectivity index (χ2v) is 4.29. The van der Waals surface area contributed by atoms with E-state index in [-0.39, 0.29) is 11.7 Å². The van der Waals surface area contributed by atoms with Gasteiger partial charge in [-0.1, -0.05) is 18.2 Å². The molecule has 2 aromatic rings. The van der Waals surface area contributed by atoms with E-state index < -0.39 is 0 Å². The van der Waals surface area contributed by atoms with Crippen molar-refractivity contribution in [2.24, 2.45) is 5.73 Å². The molecule has 0 aromatic heterocycles. The predicted molar refractivity (Wildman–Crippen MR) is 75.2 cm³/mol. The largest absolute Gasteiger partial charge is 0.508 e. The number of phenolic OH excluding ortho intramolecular Hbond substituents is 1. The summed E-state index contributed by atoms with van der Waals surface area (Å²) in [5, 5.41) is 9.43. The van der Waals surface area contributed by atoms with Gasteiger partial charge in [0.15, 0.2) is 0 Å². The monoisotopic (exact) mass is 256 g/mol. The fourth-order valence-electron chi connectivity index (χ4n) is 1.80. The molecule has 98 valence electrons. The molecule has 0 saturated carbocycles. The fourth-order valence-corrected chi connectivity index (χ4v) is 1.80. The minimum atomic E-state index is -0.130. The van der Waals surface area contributed by atoms with Crippen molar-refractivity contribution in [2.45, 2.75) is 6.54 Å². The normalized spacial score (nSPS) is 10.2. The molecule has 0 heterocycles. The Hall–Kier alpha value is -2.33. The van der Waals surface area contributed by atoms with Gasteiger partial charge in [-0.05, 0) is 29.8 Å². The summed E-state index contributed by atoms with van der Waals surface area (Å²) in [7, 11) is 1.67. The number of hydrogen-bond acceptors (Lipinski definition) is 3. The van der Waals surface area contributed by atoms with Gasteiger partial charge in [0, 0.05) is 30.9 Å². The average molecular weight is 256 g/mol. The molecule has 0 radical (unpaired) electrons. The van der Waals surface area contributed by atoms with Crippen LogP contribution in [0, 0.1) is 0 Å². The Morgan fingerprint density at radius 2 is 1.89 bits per heavy atom. The molecule has 0 aliphatic rings. The number of nitrogens with two attached hydrogens (primary N) is 1. The van der Waals surface area contributed by atoms with Gasteiger partial charge in [0.05, 0.1) is 0 Å². The minimum Gasteiger partial charge on any atom is -0.508 e. The van der Waals surface area contributed by atoms with Crippen LogP contribution in [0.2, 0.25) is 0 Å². The van der Waals surface area contributed by atoms with Gasteiger partial charge in [-0.15, -0.1) is 0 Å². The second-order valence-electron chi connectivity index (χ2n) is 4.29. The van der Waals surface area contributed by atoms with Crippen molar-refractivity contribution in [2.75, 3.05) is 11.9 Å². The number of nitrogens with zero attached hydrogens (tertiary/aromatic N) is 1. The Morgan fingerprint density at radius 3 is 2.47 bits per heavy atom. The van der Waals surface area contributed by atoms with E-state index >= 15 is 0 Å². The van der Waals surface area contributed by atoms with Gasteiger partial charge in [-0.3, -0.25) is 4.79 Å². The highest BCUT2D eigenvalue weighted by Crippen LogP contribution is 2.20. The summed E-state index contributed by atoms with van der Waals surface area (Å²) in [5.41, 5.74) is 7.74. The van der Waals surface area contributed by atoms with E-state index in [0.717, 1.165) is 5.56 Å². The van der Waals surface area contributed by atoms with Gasteiger partial charge in [0.2, 0.25) is 0 Å². The first-order valence-electron chi connectivity index (χ1n) is 5.98. The van der Waals surface area contributed by atoms with Gasteiger partial charge < -0.3 is 15.7 Å². The van der Waals surface area contributed by atoms with Crippen LogP contribution in [-0.4, -0.2) is 18.1 Å². The third-order valence-electron chi connectivity index (χ3n) is 2.96. The molecule has 0 unspecified atom stereocenters. The first kappa shape index (κ1) is 13.1. The summed E-state index contributed by atoms with van der Waals surface area (Å²) in [5.74, 6) is 0.00445. The molecule has 4 nitrogen and oxygen atoms in total.